The Kier molecular flexibility index (Phi) is 4.01. The number of furan rings is 1. The maximum atomic E-state index is 6.23. The van der Waals surface area contributed by atoms with Crippen LogP contribution in [0.25, 0.3) is 11.0 Å². The highest BCUT2D eigenvalue weighted by molar-refractivity contribution is 6.31. The van der Waals surface area contributed by atoms with E-state index in [2.05, 4.69) is 13.8 Å². The lowest BCUT2D eigenvalue weighted by atomic mass is 10.0. The van der Waals surface area contributed by atoms with Crippen molar-refractivity contribution in [2.75, 3.05) is 0 Å². The molecule has 1 atom stereocenters. The Bertz CT molecular complexity index is 502. The molecule has 0 N–H and O–H groups in total. The van der Waals surface area contributed by atoms with E-state index >= 15 is 0 Å². The molecule has 2 aromatic rings. The van der Waals surface area contributed by atoms with Gasteiger partial charge < -0.3 is 4.42 Å². The van der Waals surface area contributed by atoms with Crippen LogP contribution >= 0.6 is 23.2 Å². The van der Waals surface area contributed by atoms with E-state index in [-0.39, 0.29) is 5.38 Å². The van der Waals surface area contributed by atoms with E-state index in [0.29, 0.717) is 5.92 Å². The lowest BCUT2D eigenvalue weighted by molar-refractivity contribution is 0.504. The molecule has 0 bridgehead atoms. The van der Waals surface area contributed by atoms with Crippen LogP contribution in [0.1, 0.15) is 26.0 Å². The minimum atomic E-state index is 0.201. The minimum absolute atomic E-state index is 0.201. The van der Waals surface area contributed by atoms with Gasteiger partial charge >= 0.3 is 0 Å². The maximum absolute atomic E-state index is 6.23. The Morgan fingerprint density at radius 3 is 2.71 bits per heavy atom. The van der Waals surface area contributed by atoms with Gasteiger partial charge in [0.15, 0.2) is 0 Å². The van der Waals surface area contributed by atoms with Crippen molar-refractivity contribution in [3.05, 3.63) is 35.0 Å². The molecule has 0 fully saturated rings. The number of hydrogen-bond acceptors (Lipinski definition) is 1. The molecule has 92 valence electrons. The first-order valence-corrected chi connectivity index (χ1v) is 6.70. The van der Waals surface area contributed by atoms with Crippen molar-refractivity contribution in [3.63, 3.8) is 0 Å². The van der Waals surface area contributed by atoms with Gasteiger partial charge in [-0.3, -0.25) is 0 Å². The molecule has 0 aliphatic rings. The number of aryl methyl sites for hydroxylation is 1. The predicted molar refractivity (Wildman–Crippen MR) is 74.0 cm³/mol. The van der Waals surface area contributed by atoms with Gasteiger partial charge in [-0.1, -0.05) is 25.4 Å². The Balaban J connectivity index is 2.09. The number of benzene rings is 1. The van der Waals surface area contributed by atoms with E-state index in [1.54, 1.807) is 0 Å². The van der Waals surface area contributed by atoms with Gasteiger partial charge in [-0.15, -0.1) is 11.6 Å². The van der Waals surface area contributed by atoms with Crippen molar-refractivity contribution in [3.8, 4) is 0 Å². The third kappa shape index (κ3) is 3.17. The molecule has 1 aromatic heterocycles. The average Bonchev–Trinajstić information content (AvgIpc) is 2.67. The summed E-state index contributed by atoms with van der Waals surface area (Å²) < 4.78 is 5.74. The third-order valence-electron chi connectivity index (χ3n) is 2.92. The lowest BCUT2D eigenvalue weighted by Gasteiger charge is -2.11. The summed E-state index contributed by atoms with van der Waals surface area (Å²) in [5.74, 6) is 1.48. The monoisotopic (exact) mass is 270 g/mol. The molecule has 1 aromatic carbocycles. The first kappa shape index (κ1) is 12.8. The number of hydrogen-bond donors (Lipinski definition) is 0. The SMILES string of the molecule is CC(C)C(Cl)CCc1cc2cc(Cl)ccc2o1. The van der Waals surface area contributed by atoms with Crippen molar-refractivity contribution in [2.24, 2.45) is 5.92 Å². The molecule has 0 saturated carbocycles. The van der Waals surface area contributed by atoms with Crippen molar-refractivity contribution in [1.29, 1.82) is 0 Å². The van der Waals surface area contributed by atoms with Crippen LogP contribution in [0.3, 0.4) is 0 Å². The minimum Gasteiger partial charge on any atom is -0.461 e. The summed E-state index contributed by atoms with van der Waals surface area (Å²) in [7, 11) is 0. The molecule has 1 nitrogen and oxygen atoms in total. The molecule has 3 heteroatoms. The Labute approximate surface area is 112 Å². The highest BCUT2D eigenvalue weighted by Gasteiger charge is 2.11. The maximum Gasteiger partial charge on any atom is 0.134 e. The first-order valence-electron chi connectivity index (χ1n) is 5.88. The van der Waals surface area contributed by atoms with E-state index in [1.165, 1.54) is 0 Å². The zero-order chi connectivity index (χ0) is 12.4. The Hall–Kier alpha value is -0.660. The van der Waals surface area contributed by atoms with Crippen LogP contribution in [-0.4, -0.2) is 5.38 Å². The first-order chi connectivity index (χ1) is 8.06. The van der Waals surface area contributed by atoms with Crippen LogP contribution < -0.4 is 0 Å². The predicted octanol–water partition coefficient (Wildman–Crippen LogP) is 5.28. The molecule has 0 aliphatic carbocycles. The summed E-state index contributed by atoms with van der Waals surface area (Å²) in [4.78, 5) is 0. The molecule has 2 rings (SSSR count). The quantitative estimate of drug-likeness (QED) is 0.689. The lowest BCUT2D eigenvalue weighted by Crippen LogP contribution is -2.08. The fourth-order valence-corrected chi connectivity index (χ4v) is 2.10. The summed E-state index contributed by atoms with van der Waals surface area (Å²) in [5.41, 5.74) is 0.889. The van der Waals surface area contributed by atoms with Gasteiger partial charge in [0.25, 0.3) is 0 Å². The fraction of sp³-hybridized carbons (Fsp3) is 0.429. The summed E-state index contributed by atoms with van der Waals surface area (Å²) >= 11 is 12.2. The van der Waals surface area contributed by atoms with Crippen LogP contribution in [0.15, 0.2) is 28.7 Å². The molecule has 0 amide bonds. The van der Waals surface area contributed by atoms with Gasteiger partial charge in [-0.05, 0) is 36.6 Å². The molecule has 0 radical (unpaired) electrons. The van der Waals surface area contributed by atoms with Gasteiger partial charge in [-0.25, -0.2) is 0 Å². The van der Waals surface area contributed by atoms with Crippen LogP contribution in [0.5, 0.6) is 0 Å². The highest BCUT2D eigenvalue weighted by Crippen LogP contribution is 2.25. The number of alkyl halides is 1. The van der Waals surface area contributed by atoms with Crippen molar-refractivity contribution in [1.82, 2.24) is 0 Å². The zero-order valence-corrected chi connectivity index (χ0v) is 11.6. The summed E-state index contributed by atoms with van der Waals surface area (Å²) in [6.07, 6.45) is 1.81. The second-order valence-electron chi connectivity index (χ2n) is 4.69. The molecule has 0 spiro atoms. The summed E-state index contributed by atoms with van der Waals surface area (Å²) in [5, 5.41) is 2.00. The molecule has 0 aliphatic heterocycles. The third-order valence-corrected chi connectivity index (χ3v) is 3.88. The molecule has 1 unspecified atom stereocenters. The second kappa shape index (κ2) is 5.32. The standard InChI is InChI=1S/C14H16Cl2O/c1-9(2)13(16)5-4-12-8-10-7-11(15)3-6-14(10)17-12/h3,6-9,13H,4-5H2,1-2H3. The van der Waals surface area contributed by atoms with E-state index in [1.807, 2.05) is 24.3 Å². The summed E-state index contributed by atoms with van der Waals surface area (Å²) in [6.45, 7) is 4.27. The van der Waals surface area contributed by atoms with Crippen LogP contribution in [0.2, 0.25) is 5.02 Å². The van der Waals surface area contributed by atoms with E-state index in [9.17, 15) is 0 Å². The van der Waals surface area contributed by atoms with Crippen molar-refractivity contribution in [2.45, 2.75) is 32.1 Å². The zero-order valence-electron chi connectivity index (χ0n) is 10.0. The smallest absolute Gasteiger partial charge is 0.134 e. The fourth-order valence-electron chi connectivity index (χ4n) is 1.81. The normalized spacial score (nSPS) is 13.5. The average molecular weight is 271 g/mol. The van der Waals surface area contributed by atoms with E-state index in [4.69, 9.17) is 27.6 Å². The van der Waals surface area contributed by atoms with Gasteiger partial charge in [0.2, 0.25) is 0 Å². The molecular weight excluding hydrogens is 255 g/mol. The highest BCUT2D eigenvalue weighted by atomic mass is 35.5. The molecular formula is C14H16Cl2O. The summed E-state index contributed by atoms with van der Waals surface area (Å²) in [6, 6.07) is 7.72. The topological polar surface area (TPSA) is 13.1 Å². The number of rotatable bonds is 4. The van der Waals surface area contributed by atoms with Crippen molar-refractivity contribution < 1.29 is 4.42 Å². The van der Waals surface area contributed by atoms with Crippen molar-refractivity contribution >= 4 is 34.2 Å². The van der Waals surface area contributed by atoms with Crippen LogP contribution in [-0.2, 0) is 6.42 Å². The van der Waals surface area contributed by atoms with E-state index < -0.39 is 0 Å². The Morgan fingerprint density at radius 2 is 2.00 bits per heavy atom. The van der Waals surface area contributed by atoms with E-state index in [0.717, 1.165) is 34.6 Å². The number of halogens is 2. The molecule has 17 heavy (non-hydrogen) atoms. The largest absolute Gasteiger partial charge is 0.461 e. The Morgan fingerprint density at radius 1 is 1.24 bits per heavy atom. The number of fused-ring (bicyclic) bond motifs is 1. The van der Waals surface area contributed by atoms with Gasteiger partial charge in [0.05, 0.1) is 0 Å². The molecule has 0 saturated heterocycles. The second-order valence-corrected chi connectivity index (χ2v) is 5.69. The van der Waals surface area contributed by atoms with Gasteiger partial charge in [0, 0.05) is 22.2 Å². The van der Waals surface area contributed by atoms with Crippen LogP contribution in [0, 0.1) is 5.92 Å². The molecule has 1 heterocycles. The van der Waals surface area contributed by atoms with Crippen LogP contribution in [0.4, 0.5) is 0 Å². The van der Waals surface area contributed by atoms with Gasteiger partial charge in [0.1, 0.15) is 11.3 Å². The van der Waals surface area contributed by atoms with Gasteiger partial charge in [-0.2, -0.15) is 0 Å².